The smallest absolute Gasteiger partial charge is 0.198 e. The Morgan fingerprint density at radius 2 is 1.15 bits per heavy atom. The van der Waals surface area contributed by atoms with E-state index < -0.39 is 0 Å². The molecular formula is C25H32Br2O7. The number of rotatable bonds is 17. The first-order valence-electron chi connectivity index (χ1n) is 11.3. The van der Waals surface area contributed by atoms with E-state index in [0.29, 0.717) is 92.3 Å². The van der Waals surface area contributed by atoms with Crippen LogP contribution < -0.4 is 14.2 Å². The normalized spacial score (nSPS) is 10.9. The summed E-state index contributed by atoms with van der Waals surface area (Å²) in [6.07, 6.45) is 0. The highest BCUT2D eigenvalue weighted by Gasteiger charge is 2.21. The number of carbonyl (C=O) groups excluding carboxylic acids is 1. The van der Waals surface area contributed by atoms with Crippen LogP contribution in [0.1, 0.15) is 36.7 Å². The average molecular weight is 604 g/mol. The minimum Gasteiger partial charge on any atom is -0.490 e. The summed E-state index contributed by atoms with van der Waals surface area (Å²) in [6, 6.07) is 8.76. The van der Waals surface area contributed by atoms with Crippen molar-refractivity contribution in [3.05, 3.63) is 50.4 Å². The molecule has 0 bridgehead atoms. The van der Waals surface area contributed by atoms with Crippen molar-refractivity contribution in [3.8, 4) is 17.2 Å². The third kappa shape index (κ3) is 9.19. The summed E-state index contributed by atoms with van der Waals surface area (Å²) in [4.78, 5) is 13.6. The van der Waals surface area contributed by atoms with Crippen LogP contribution in [0.25, 0.3) is 0 Å². The van der Waals surface area contributed by atoms with Crippen LogP contribution in [0, 0.1) is 0 Å². The van der Waals surface area contributed by atoms with Gasteiger partial charge in [0.2, 0.25) is 0 Å². The van der Waals surface area contributed by atoms with Crippen molar-refractivity contribution in [3.63, 3.8) is 0 Å². The molecule has 7 nitrogen and oxygen atoms in total. The van der Waals surface area contributed by atoms with E-state index in [0.717, 1.165) is 4.47 Å². The Hall–Kier alpha value is -1.65. The van der Waals surface area contributed by atoms with E-state index in [1.165, 1.54) is 0 Å². The summed E-state index contributed by atoms with van der Waals surface area (Å²) >= 11 is 6.98. The number of ketones is 1. The lowest BCUT2D eigenvalue weighted by atomic mass is 10.0. The van der Waals surface area contributed by atoms with Gasteiger partial charge in [0.15, 0.2) is 17.3 Å². The van der Waals surface area contributed by atoms with E-state index >= 15 is 0 Å². The predicted octanol–water partition coefficient (Wildman–Crippen LogP) is 5.69. The van der Waals surface area contributed by atoms with E-state index in [-0.39, 0.29) is 5.78 Å². The SMILES string of the molecule is CCOCCOc1cc(Br)c(C(=O)c2cc(Br)ccc2OCCOCC)cc1OCCOCC. The fourth-order valence-corrected chi connectivity index (χ4v) is 3.81. The summed E-state index contributed by atoms with van der Waals surface area (Å²) in [5.74, 6) is 1.24. The second-order valence-electron chi connectivity index (χ2n) is 6.88. The van der Waals surface area contributed by atoms with Crippen molar-refractivity contribution in [1.82, 2.24) is 0 Å². The molecule has 0 unspecified atom stereocenters. The summed E-state index contributed by atoms with van der Waals surface area (Å²) in [7, 11) is 0. The number of hydrogen-bond donors (Lipinski definition) is 0. The van der Waals surface area contributed by atoms with Gasteiger partial charge in [-0.3, -0.25) is 4.79 Å². The molecular weight excluding hydrogens is 572 g/mol. The standard InChI is InChI=1S/C25H32Br2O7/c1-4-29-9-12-32-22-8-7-18(26)15-20(22)25(28)19-16-23(33-13-10-30-5-2)24(17-21(19)27)34-14-11-31-6-3/h7-8,15-17H,4-6,9-14H2,1-3H3. The van der Waals surface area contributed by atoms with Crippen molar-refractivity contribution in [2.75, 3.05) is 59.5 Å². The fourth-order valence-electron chi connectivity index (χ4n) is 2.95. The lowest BCUT2D eigenvalue weighted by molar-refractivity contribution is 0.0988. The summed E-state index contributed by atoms with van der Waals surface area (Å²) in [5.41, 5.74) is 0.855. The van der Waals surface area contributed by atoms with Gasteiger partial charge in [0.25, 0.3) is 0 Å². The maximum atomic E-state index is 13.6. The molecule has 9 heteroatoms. The van der Waals surface area contributed by atoms with Crippen molar-refractivity contribution in [1.29, 1.82) is 0 Å². The number of ether oxygens (including phenoxy) is 6. The molecule has 0 aliphatic heterocycles. The van der Waals surface area contributed by atoms with Gasteiger partial charge in [0, 0.05) is 34.3 Å². The lowest BCUT2D eigenvalue weighted by Gasteiger charge is -2.16. The second-order valence-corrected chi connectivity index (χ2v) is 8.65. The first kappa shape index (κ1) is 28.6. The van der Waals surface area contributed by atoms with E-state index in [9.17, 15) is 4.79 Å². The van der Waals surface area contributed by atoms with Crippen molar-refractivity contribution in [2.45, 2.75) is 20.8 Å². The maximum Gasteiger partial charge on any atom is 0.198 e. The van der Waals surface area contributed by atoms with Crippen LogP contribution in [0.15, 0.2) is 39.3 Å². The largest absolute Gasteiger partial charge is 0.490 e. The molecule has 0 fully saturated rings. The van der Waals surface area contributed by atoms with Crippen LogP contribution in [0.3, 0.4) is 0 Å². The van der Waals surface area contributed by atoms with Gasteiger partial charge in [-0.15, -0.1) is 0 Å². The van der Waals surface area contributed by atoms with Crippen molar-refractivity contribution >= 4 is 37.6 Å². The first-order valence-corrected chi connectivity index (χ1v) is 12.9. The highest BCUT2D eigenvalue weighted by atomic mass is 79.9. The minimum atomic E-state index is -0.213. The molecule has 0 N–H and O–H groups in total. The van der Waals surface area contributed by atoms with Gasteiger partial charge in [-0.05, 0) is 67.0 Å². The van der Waals surface area contributed by atoms with Gasteiger partial charge >= 0.3 is 0 Å². The minimum absolute atomic E-state index is 0.213. The first-order chi connectivity index (χ1) is 16.5. The molecule has 0 saturated carbocycles. The third-order valence-electron chi connectivity index (χ3n) is 4.53. The zero-order chi connectivity index (χ0) is 24.8. The van der Waals surface area contributed by atoms with Crippen LogP contribution in [0.2, 0.25) is 0 Å². The Kier molecular flexibility index (Phi) is 13.5. The maximum absolute atomic E-state index is 13.6. The molecule has 0 heterocycles. The van der Waals surface area contributed by atoms with Crippen molar-refractivity contribution < 1.29 is 33.2 Å². The van der Waals surface area contributed by atoms with E-state index in [4.69, 9.17) is 28.4 Å². The van der Waals surface area contributed by atoms with E-state index in [1.54, 1.807) is 24.3 Å². The topological polar surface area (TPSA) is 72.5 Å². The number of benzene rings is 2. The highest BCUT2D eigenvalue weighted by molar-refractivity contribution is 9.10. The molecule has 0 aliphatic carbocycles. The molecule has 0 saturated heterocycles. The highest BCUT2D eigenvalue weighted by Crippen LogP contribution is 2.36. The zero-order valence-electron chi connectivity index (χ0n) is 19.9. The number of carbonyl (C=O) groups is 1. The summed E-state index contributed by atoms with van der Waals surface area (Å²) in [6.45, 7) is 9.93. The predicted molar refractivity (Wildman–Crippen MR) is 138 cm³/mol. The van der Waals surface area contributed by atoms with E-state index in [1.807, 2.05) is 26.8 Å². The van der Waals surface area contributed by atoms with Crippen LogP contribution in [0.5, 0.6) is 17.2 Å². The molecule has 2 aromatic rings. The summed E-state index contributed by atoms with van der Waals surface area (Å²) < 4.78 is 35.0. The lowest BCUT2D eigenvalue weighted by Crippen LogP contribution is -2.13. The molecule has 2 aromatic carbocycles. The van der Waals surface area contributed by atoms with Gasteiger partial charge in [0.1, 0.15) is 25.6 Å². The third-order valence-corrected chi connectivity index (χ3v) is 5.68. The molecule has 0 radical (unpaired) electrons. The number of hydrogen-bond acceptors (Lipinski definition) is 7. The van der Waals surface area contributed by atoms with Gasteiger partial charge in [-0.25, -0.2) is 0 Å². The molecule has 0 aliphatic rings. The van der Waals surface area contributed by atoms with Crippen LogP contribution in [-0.4, -0.2) is 65.2 Å². The van der Waals surface area contributed by atoms with Crippen molar-refractivity contribution in [2.24, 2.45) is 0 Å². The van der Waals surface area contributed by atoms with Gasteiger partial charge in [0.05, 0.1) is 25.4 Å². The Morgan fingerprint density at radius 1 is 0.647 bits per heavy atom. The average Bonchev–Trinajstić information content (AvgIpc) is 2.83. The monoisotopic (exact) mass is 602 g/mol. The molecule has 188 valence electrons. The molecule has 0 spiro atoms. The molecule has 0 aromatic heterocycles. The quantitative estimate of drug-likeness (QED) is 0.170. The summed E-state index contributed by atoms with van der Waals surface area (Å²) in [5, 5.41) is 0. The molecule has 0 atom stereocenters. The van der Waals surface area contributed by atoms with Gasteiger partial charge in [-0.2, -0.15) is 0 Å². The van der Waals surface area contributed by atoms with E-state index in [2.05, 4.69) is 31.9 Å². The Bertz CT molecular complexity index is 905. The Labute approximate surface area is 218 Å². The Balaban J connectivity index is 2.31. The molecule has 34 heavy (non-hydrogen) atoms. The molecule has 2 rings (SSSR count). The second kappa shape index (κ2) is 16.1. The zero-order valence-corrected chi connectivity index (χ0v) is 23.0. The number of halogens is 2. The van der Waals surface area contributed by atoms with Crippen LogP contribution >= 0.6 is 31.9 Å². The fraction of sp³-hybridized carbons (Fsp3) is 0.480. The Morgan fingerprint density at radius 3 is 1.68 bits per heavy atom. The van der Waals surface area contributed by atoms with Gasteiger partial charge in [-0.1, -0.05) is 15.9 Å². The van der Waals surface area contributed by atoms with Crippen LogP contribution in [-0.2, 0) is 14.2 Å². The molecule has 0 amide bonds. The van der Waals surface area contributed by atoms with Gasteiger partial charge < -0.3 is 28.4 Å². The van der Waals surface area contributed by atoms with Crippen LogP contribution in [0.4, 0.5) is 0 Å².